The van der Waals surface area contributed by atoms with E-state index < -0.39 is 0 Å². The van der Waals surface area contributed by atoms with E-state index in [0.717, 1.165) is 51.4 Å². The average molecular weight is 431 g/mol. The number of carbonyl (C=O) groups is 2. The number of esters is 2. The first-order chi connectivity index (χ1) is 13.5. The van der Waals surface area contributed by atoms with Gasteiger partial charge < -0.3 is 9.47 Å². The van der Waals surface area contributed by atoms with E-state index in [1.165, 1.54) is 12.8 Å². The Balaban J connectivity index is 1.95. The van der Waals surface area contributed by atoms with Gasteiger partial charge in [0.05, 0.1) is 6.61 Å². The SMILES string of the molecule is CCCCCCOC(=O)CCCCCCCCC(=O)Oc1cc(Cl)cc(Cl)c1. The fraction of sp³-hybridized carbons (Fsp3) is 0.636. The molecule has 0 heterocycles. The summed E-state index contributed by atoms with van der Waals surface area (Å²) in [6.45, 7) is 2.71. The van der Waals surface area contributed by atoms with Crippen molar-refractivity contribution in [1.82, 2.24) is 0 Å². The maximum absolute atomic E-state index is 11.8. The van der Waals surface area contributed by atoms with Gasteiger partial charge in [-0.05, 0) is 37.5 Å². The summed E-state index contributed by atoms with van der Waals surface area (Å²) in [6, 6.07) is 4.73. The van der Waals surface area contributed by atoms with Crippen LogP contribution in [0.25, 0.3) is 0 Å². The lowest BCUT2D eigenvalue weighted by molar-refractivity contribution is -0.144. The van der Waals surface area contributed by atoms with Gasteiger partial charge in [0.15, 0.2) is 0 Å². The van der Waals surface area contributed by atoms with E-state index in [2.05, 4.69) is 6.92 Å². The quantitative estimate of drug-likeness (QED) is 0.168. The molecule has 0 N–H and O–H groups in total. The van der Waals surface area contributed by atoms with E-state index in [1.807, 2.05) is 0 Å². The zero-order valence-electron chi connectivity index (χ0n) is 16.8. The molecule has 0 aliphatic carbocycles. The Morgan fingerprint density at radius 1 is 0.750 bits per heavy atom. The second-order valence-corrected chi connectivity index (χ2v) is 7.85. The molecule has 158 valence electrons. The molecule has 1 aromatic rings. The minimum absolute atomic E-state index is 0.0830. The highest BCUT2D eigenvalue weighted by Gasteiger charge is 2.07. The lowest BCUT2D eigenvalue weighted by atomic mass is 10.1. The Labute approximate surface area is 178 Å². The Hall–Kier alpha value is -1.26. The Morgan fingerprint density at radius 2 is 1.29 bits per heavy atom. The van der Waals surface area contributed by atoms with Gasteiger partial charge in [-0.3, -0.25) is 9.59 Å². The summed E-state index contributed by atoms with van der Waals surface area (Å²) < 4.78 is 10.5. The molecule has 0 spiro atoms. The molecule has 0 aliphatic heterocycles. The first-order valence-corrected chi connectivity index (χ1v) is 11.1. The predicted octanol–water partition coefficient (Wildman–Crippen LogP) is 7.14. The van der Waals surface area contributed by atoms with Crippen molar-refractivity contribution in [3.8, 4) is 5.75 Å². The lowest BCUT2D eigenvalue weighted by Crippen LogP contribution is -2.07. The molecule has 0 bridgehead atoms. The number of benzene rings is 1. The molecule has 0 unspecified atom stereocenters. The van der Waals surface area contributed by atoms with E-state index in [9.17, 15) is 9.59 Å². The molecule has 0 fully saturated rings. The molecular weight excluding hydrogens is 399 g/mol. The molecular formula is C22H32Cl2O4. The van der Waals surface area contributed by atoms with Crippen LogP contribution in [0.1, 0.15) is 84.0 Å². The van der Waals surface area contributed by atoms with Crippen molar-refractivity contribution in [3.63, 3.8) is 0 Å². The Bertz CT molecular complexity index is 570. The van der Waals surface area contributed by atoms with Gasteiger partial charge in [-0.1, -0.05) is 75.1 Å². The second-order valence-electron chi connectivity index (χ2n) is 6.98. The molecule has 1 rings (SSSR count). The van der Waals surface area contributed by atoms with Crippen molar-refractivity contribution in [2.24, 2.45) is 0 Å². The van der Waals surface area contributed by atoms with Crippen LogP contribution in [-0.2, 0) is 14.3 Å². The summed E-state index contributed by atoms with van der Waals surface area (Å²) >= 11 is 11.8. The maximum atomic E-state index is 11.8. The van der Waals surface area contributed by atoms with Crippen LogP contribution in [0.3, 0.4) is 0 Å². The number of unbranched alkanes of at least 4 members (excludes halogenated alkanes) is 8. The summed E-state index contributed by atoms with van der Waals surface area (Å²) in [4.78, 5) is 23.4. The molecule has 0 saturated heterocycles. The average Bonchev–Trinajstić information content (AvgIpc) is 2.62. The molecule has 28 heavy (non-hydrogen) atoms. The molecule has 0 atom stereocenters. The van der Waals surface area contributed by atoms with Crippen LogP contribution in [0.2, 0.25) is 10.0 Å². The molecule has 1 aromatic carbocycles. The van der Waals surface area contributed by atoms with Crippen molar-refractivity contribution in [2.45, 2.75) is 84.0 Å². The van der Waals surface area contributed by atoms with E-state index in [0.29, 0.717) is 35.2 Å². The van der Waals surface area contributed by atoms with Crippen molar-refractivity contribution in [3.05, 3.63) is 28.2 Å². The maximum Gasteiger partial charge on any atom is 0.311 e. The zero-order valence-corrected chi connectivity index (χ0v) is 18.3. The number of hydrogen-bond donors (Lipinski definition) is 0. The van der Waals surface area contributed by atoms with Gasteiger partial charge in [-0.15, -0.1) is 0 Å². The Kier molecular flexibility index (Phi) is 13.8. The van der Waals surface area contributed by atoms with E-state index in [4.69, 9.17) is 32.7 Å². The van der Waals surface area contributed by atoms with Gasteiger partial charge in [-0.2, -0.15) is 0 Å². The van der Waals surface area contributed by atoms with Gasteiger partial charge in [0.2, 0.25) is 0 Å². The van der Waals surface area contributed by atoms with E-state index >= 15 is 0 Å². The summed E-state index contributed by atoms with van der Waals surface area (Å²) in [5, 5.41) is 0.881. The second kappa shape index (κ2) is 15.6. The number of halogens is 2. The summed E-state index contributed by atoms with van der Waals surface area (Å²) in [5.41, 5.74) is 0. The molecule has 6 heteroatoms. The molecule has 4 nitrogen and oxygen atoms in total. The molecule has 0 radical (unpaired) electrons. The number of rotatable bonds is 15. The third kappa shape index (κ3) is 13.0. The smallest absolute Gasteiger partial charge is 0.311 e. The fourth-order valence-corrected chi connectivity index (χ4v) is 3.31. The van der Waals surface area contributed by atoms with Crippen LogP contribution >= 0.6 is 23.2 Å². The highest BCUT2D eigenvalue weighted by Crippen LogP contribution is 2.24. The van der Waals surface area contributed by atoms with Crippen LogP contribution < -0.4 is 4.74 Å². The van der Waals surface area contributed by atoms with Crippen LogP contribution in [0.4, 0.5) is 0 Å². The highest BCUT2D eigenvalue weighted by molar-refractivity contribution is 6.34. The number of hydrogen-bond acceptors (Lipinski definition) is 4. The van der Waals surface area contributed by atoms with E-state index in [-0.39, 0.29) is 11.9 Å². The summed E-state index contributed by atoms with van der Waals surface area (Å²) in [5.74, 6) is 0.0140. The third-order valence-corrected chi connectivity index (χ3v) is 4.78. The summed E-state index contributed by atoms with van der Waals surface area (Å²) in [7, 11) is 0. The first-order valence-electron chi connectivity index (χ1n) is 10.3. The zero-order chi connectivity index (χ0) is 20.6. The number of carbonyl (C=O) groups excluding carboxylic acids is 2. The minimum Gasteiger partial charge on any atom is -0.466 e. The normalized spacial score (nSPS) is 10.7. The predicted molar refractivity (Wildman–Crippen MR) is 114 cm³/mol. The van der Waals surface area contributed by atoms with Crippen molar-refractivity contribution < 1.29 is 19.1 Å². The van der Waals surface area contributed by atoms with Crippen LogP contribution in [0.15, 0.2) is 18.2 Å². The first kappa shape index (κ1) is 24.8. The largest absolute Gasteiger partial charge is 0.466 e. The highest BCUT2D eigenvalue weighted by atomic mass is 35.5. The van der Waals surface area contributed by atoms with Gasteiger partial charge in [-0.25, -0.2) is 0 Å². The van der Waals surface area contributed by atoms with Gasteiger partial charge in [0.25, 0.3) is 0 Å². The van der Waals surface area contributed by atoms with Crippen molar-refractivity contribution in [1.29, 1.82) is 0 Å². The third-order valence-electron chi connectivity index (χ3n) is 4.34. The van der Waals surface area contributed by atoms with Crippen LogP contribution in [0.5, 0.6) is 5.75 Å². The standard InChI is InChI=1S/C22H32Cl2O4/c1-2-3-4-11-14-27-21(25)12-9-7-5-6-8-10-13-22(26)28-20-16-18(23)15-19(24)17-20/h15-17H,2-14H2,1H3. The number of ether oxygens (including phenoxy) is 2. The van der Waals surface area contributed by atoms with Crippen LogP contribution in [-0.4, -0.2) is 18.5 Å². The fourth-order valence-electron chi connectivity index (χ4n) is 2.80. The van der Waals surface area contributed by atoms with Gasteiger partial charge >= 0.3 is 11.9 Å². The van der Waals surface area contributed by atoms with Crippen LogP contribution in [0, 0.1) is 0 Å². The Morgan fingerprint density at radius 3 is 1.89 bits per heavy atom. The van der Waals surface area contributed by atoms with Crippen molar-refractivity contribution >= 4 is 35.1 Å². The summed E-state index contributed by atoms with van der Waals surface area (Å²) in [6.07, 6.45) is 11.1. The van der Waals surface area contributed by atoms with Gasteiger partial charge in [0, 0.05) is 22.9 Å². The molecule has 0 amide bonds. The van der Waals surface area contributed by atoms with E-state index in [1.54, 1.807) is 18.2 Å². The molecule has 0 aromatic heterocycles. The lowest BCUT2D eigenvalue weighted by Gasteiger charge is -2.06. The van der Waals surface area contributed by atoms with Gasteiger partial charge in [0.1, 0.15) is 5.75 Å². The van der Waals surface area contributed by atoms with Crippen molar-refractivity contribution in [2.75, 3.05) is 6.61 Å². The molecule has 0 aliphatic rings. The molecule has 0 saturated carbocycles. The monoisotopic (exact) mass is 430 g/mol. The minimum atomic E-state index is -0.278. The topological polar surface area (TPSA) is 52.6 Å².